The maximum absolute atomic E-state index is 12.3. The van der Waals surface area contributed by atoms with E-state index >= 15 is 0 Å². The summed E-state index contributed by atoms with van der Waals surface area (Å²) in [6.07, 6.45) is -13.2. The molecule has 0 bridgehead atoms. The minimum atomic E-state index is -1.69. The summed E-state index contributed by atoms with van der Waals surface area (Å²) in [6, 6.07) is 7.76. The van der Waals surface area contributed by atoms with E-state index in [0.717, 1.165) is 33.3 Å². The Bertz CT molecular complexity index is 1180. The lowest BCUT2D eigenvalue weighted by Gasteiger charge is -2.48. The minimum absolute atomic E-state index is 0.0155. The summed E-state index contributed by atoms with van der Waals surface area (Å²) in [7, 11) is 0. The molecular formula is C29H39NO15. The molecule has 1 aromatic carbocycles. The second-order valence-electron chi connectivity index (χ2n) is 10.4. The average molecular weight is 642 g/mol. The van der Waals surface area contributed by atoms with Crippen LogP contribution in [0.3, 0.4) is 0 Å². The fourth-order valence-electron chi connectivity index (χ4n) is 4.97. The van der Waals surface area contributed by atoms with Crippen molar-refractivity contribution in [3.8, 4) is 0 Å². The van der Waals surface area contributed by atoms with Crippen LogP contribution in [0.1, 0.15) is 40.2 Å². The zero-order chi connectivity index (χ0) is 33.3. The van der Waals surface area contributed by atoms with Gasteiger partial charge in [0.2, 0.25) is 5.91 Å². The predicted molar refractivity (Wildman–Crippen MR) is 147 cm³/mol. The molecule has 6 unspecified atom stereocenters. The maximum atomic E-state index is 12.3. The smallest absolute Gasteiger partial charge is 0.303 e. The number of benzene rings is 1. The molecule has 1 aromatic rings. The zero-order valence-electron chi connectivity index (χ0n) is 25.5. The van der Waals surface area contributed by atoms with E-state index in [0.29, 0.717) is 0 Å². The van der Waals surface area contributed by atoms with E-state index in [1.54, 1.807) is 24.3 Å². The van der Waals surface area contributed by atoms with Crippen LogP contribution in [0.5, 0.6) is 0 Å². The number of hydrogen-bond acceptors (Lipinski definition) is 15. The predicted octanol–water partition coefficient (Wildman–Crippen LogP) is -0.746. The number of carbonyl (C=O) groups excluding carboxylic acids is 5. The number of aliphatic hydroxyl groups excluding tert-OH is 2. The number of esters is 4. The van der Waals surface area contributed by atoms with Gasteiger partial charge in [-0.15, -0.1) is 0 Å². The average Bonchev–Trinajstić information content (AvgIpc) is 2.96. The highest BCUT2D eigenvalue weighted by Gasteiger charge is 2.56. The lowest BCUT2D eigenvalue weighted by molar-refractivity contribution is -0.347. The van der Waals surface area contributed by atoms with Gasteiger partial charge in [-0.1, -0.05) is 30.3 Å². The quantitative estimate of drug-likeness (QED) is 0.189. The molecule has 2 saturated heterocycles. The molecule has 2 aliphatic heterocycles. The van der Waals surface area contributed by atoms with Gasteiger partial charge in [0.25, 0.3) is 0 Å². The van der Waals surface area contributed by atoms with E-state index in [-0.39, 0.29) is 6.61 Å². The summed E-state index contributed by atoms with van der Waals surface area (Å²) in [5.41, 5.74) is 0.756. The van der Waals surface area contributed by atoms with Gasteiger partial charge in [0.05, 0.1) is 13.2 Å². The number of hydrogen-bond donors (Lipinski definition) is 3. The number of amides is 1. The highest BCUT2D eigenvalue weighted by atomic mass is 16.7. The Labute approximate surface area is 259 Å². The van der Waals surface area contributed by atoms with Crippen molar-refractivity contribution in [2.45, 2.75) is 103 Å². The molecule has 1 amide bonds. The SMILES string of the molecule is CC(=O)NC1C(O[C@@H]2OC(COC(C)=O)[C@H](OC(C)=O)C(OC(C)=O)C2OC(C)=O)[C@H](O)C(CO)O[C@@H]1OCc1ccccc1. The van der Waals surface area contributed by atoms with Crippen LogP contribution in [-0.4, -0.2) is 115 Å². The van der Waals surface area contributed by atoms with E-state index in [9.17, 15) is 34.2 Å². The second-order valence-corrected chi connectivity index (χ2v) is 10.4. The van der Waals surface area contributed by atoms with E-state index in [4.69, 9.17) is 37.9 Å². The summed E-state index contributed by atoms with van der Waals surface area (Å²) in [4.78, 5) is 60.3. The lowest BCUT2D eigenvalue weighted by Crippen LogP contribution is -2.68. The molecule has 0 aromatic heterocycles. The third-order valence-electron chi connectivity index (χ3n) is 6.72. The summed E-state index contributed by atoms with van der Waals surface area (Å²) in [6.45, 7) is 4.38. The lowest BCUT2D eigenvalue weighted by atomic mass is 9.95. The molecule has 0 aliphatic carbocycles. The van der Waals surface area contributed by atoms with Crippen molar-refractivity contribution < 1.29 is 72.1 Å². The Morgan fingerprint density at radius 1 is 0.756 bits per heavy atom. The van der Waals surface area contributed by atoms with Crippen LogP contribution in [0.2, 0.25) is 0 Å². The molecule has 3 N–H and O–H groups in total. The molecule has 250 valence electrons. The number of ether oxygens (including phenoxy) is 8. The number of nitrogens with one attached hydrogen (secondary N) is 1. The van der Waals surface area contributed by atoms with Gasteiger partial charge < -0.3 is 53.4 Å². The topological polar surface area (TPSA) is 212 Å². The summed E-state index contributed by atoms with van der Waals surface area (Å²) < 4.78 is 45.2. The first-order valence-electron chi connectivity index (χ1n) is 14.1. The molecule has 10 atom stereocenters. The van der Waals surface area contributed by atoms with Crippen LogP contribution in [0, 0.1) is 0 Å². The molecule has 16 heteroatoms. The Morgan fingerprint density at radius 3 is 1.89 bits per heavy atom. The highest BCUT2D eigenvalue weighted by Crippen LogP contribution is 2.34. The highest BCUT2D eigenvalue weighted by molar-refractivity contribution is 5.73. The molecule has 3 rings (SSSR count). The molecule has 0 spiro atoms. The van der Waals surface area contributed by atoms with Crippen LogP contribution in [-0.2, 0) is 68.5 Å². The molecular weight excluding hydrogens is 602 g/mol. The van der Waals surface area contributed by atoms with Crippen LogP contribution in [0.15, 0.2) is 30.3 Å². The molecule has 0 radical (unpaired) electrons. The van der Waals surface area contributed by atoms with Gasteiger partial charge in [-0.25, -0.2) is 0 Å². The minimum Gasteiger partial charge on any atom is -0.463 e. The Kier molecular flexibility index (Phi) is 13.2. The standard InChI is InChI=1S/C29H39NO15/c1-14(32)30-22-25(23(37)20(11-31)43-28(22)39-12-19-9-7-6-8-10-19)45-29-27(42-18(5)36)26(41-17(4)35)24(40-16(3)34)21(44-29)13-38-15(2)33/h6-10,20-29,31,37H,11-13H2,1-5H3,(H,30,32)/t20?,21?,22?,23-,24+,25?,26?,27?,28+,29+/m1/s1. The first kappa shape index (κ1) is 35.8. The zero-order valence-corrected chi connectivity index (χ0v) is 25.5. The Hall–Kier alpha value is -3.67. The second kappa shape index (κ2) is 16.6. The first-order chi connectivity index (χ1) is 21.3. The molecule has 2 fully saturated rings. The van der Waals surface area contributed by atoms with Crippen molar-refractivity contribution in [2.24, 2.45) is 0 Å². The monoisotopic (exact) mass is 641 g/mol. The Balaban J connectivity index is 2.03. The van der Waals surface area contributed by atoms with Gasteiger partial charge in [-0.2, -0.15) is 0 Å². The number of rotatable bonds is 12. The summed E-state index contributed by atoms with van der Waals surface area (Å²) in [5.74, 6) is -3.79. The van der Waals surface area contributed by atoms with Crippen molar-refractivity contribution in [3.05, 3.63) is 35.9 Å². The van der Waals surface area contributed by atoms with Gasteiger partial charge in [0, 0.05) is 34.6 Å². The van der Waals surface area contributed by atoms with Crippen LogP contribution < -0.4 is 5.32 Å². The van der Waals surface area contributed by atoms with Crippen molar-refractivity contribution in [2.75, 3.05) is 13.2 Å². The van der Waals surface area contributed by atoms with Crippen molar-refractivity contribution in [1.29, 1.82) is 0 Å². The molecule has 45 heavy (non-hydrogen) atoms. The van der Waals surface area contributed by atoms with Crippen molar-refractivity contribution in [3.63, 3.8) is 0 Å². The van der Waals surface area contributed by atoms with Crippen molar-refractivity contribution in [1.82, 2.24) is 5.32 Å². The molecule has 16 nitrogen and oxygen atoms in total. The van der Waals surface area contributed by atoms with Gasteiger partial charge >= 0.3 is 23.9 Å². The van der Waals surface area contributed by atoms with Crippen molar-refractivity contribution >= 4 is 29.8 Å². The molecule has 2 aliphatic rings. The molecule has 2 heterocycles. The van der Waals surface area contributed by atoms with Crippen LogP contribution >= 0.6 is 0 Å². The van der Waals surface area contributed by atoms with E-state index in [2.05, 4.69) is 5.32 Å². The van der Waals surface area contributed by atoms with E-state index in [1.807, 2.05) is 6.07 Å². The largest absolute Gasteiger partial charge is 0.463 e. The fourth-order valence-corrected chi connectivity index (χ4v) is 4.97. The summed E-state index contributed by atoms with van der Waals surface area (Å²) in [5, 5.41) is 23.9. The fraction of sp³-hybridized carbons (Fsp3) is 0.621. The Morgan fingerprint density at radius 2 is 1.33 bits per heavy atom. The maximum Gasteiger partial charge on any atom is 0.303 e. The number of aliphatic hydroxyl groups is 2. The van der Waals surface area contributed by atoms with E-state index < -0.39 is 104 Å². The first-order valence-corrected chi connectivity index (χ1v) is 14.1. The van der Waals surface area contributed by atoms with Gasteiger partial charge in [0.1, 0.15) is 37.1 Å². The van der Waals surface area contributed by atoms with E-state index in [1.165, 1.54) is 6.92 Å². The van der Waals surface area contributed by atoms with Gasteiger partial charge in [-0.3, -0.25) is 24.0 Å². The van der Waals surface area contributed by atoms with Crippen LogP contribution in [0.4, 0.5) is 0 Å². The summed E-state index contributed by atoms with van der Waals surface area (Å²) >= 11 is 0. The van der Waals surface area contributed by atoms with Crippen LogP contribution in [0.25, 0.3) is 0 Å². The third-order valence-corrected chi connectivity index (χ3v) is 6.72. The third kappa shape index (κ3) is 10.2. The number of carbonyl (C=O) groups is 5. The van der Waals surface area contributed by atoms with Gasteiger partial charge in [0.15, 0.2) is 30.9 Å². The molecule has 0 saturated carbocycles. The van der Waals surface area contributed by atoms with Gasteiger partial charge in [-0.05, 0) is 5.56 Å². The normalized spacial score (nSPS) is 31.3.